The topological polar surface area (TPSA) is 49.4 Å². The second kappa shape index (κ2) is 7.04. The number of hydrogen-bond acceptors (Lipinski definition) is 4. The molecular weight excluding hydrogens is 356 g/mol. The fourth-order valence-electron chi connectivity index (χ4n) is 3.58. The van der Waals surface area contributed by atoms with Crippen LogP contribution in [0.2, 0.25) is 0 Å². The number of sulfone groups is 1. The van der Waals surface area contributed by atoms with Gasteiger partial charge in [0.2, 0.25) is 0 Å². The van der Waals surface area contributed by atoms with Crippen molar-refractivity contribution in [2.45, 2.75) is 31.2 Å². The summed E-state index contributed by atoms with van der Waals surface area (Å²) in [5, 5.41) is 3.56. The van der Waals surface area contributed by atoms with E-state index in [0.29, 0.717) is 4.90 Å². The summed E-state index contributed by atoms with van der Waals surface area (Å²) < 4.78 is 25.0. The molecule has 0 bridgehead atoms. The molecule has 0 unspecified atom stereocenters. The maximum atomic E-state index is 12.5. The van der Waals surface area contributed by atoms with Crippen molar-refractivity contribution < 1.29 is 8.42 Å². The van der Waals surface area contributed by atoms with Gasteiger partial charge >= 0.3 is 0 Å². The molecule has 5 heteroatoms. The summed E-state index contributed by atoms with van der Waals surface area (Å²) in [5.74, 6) is 0.851. The molecule has 0 radical (unpaired) electrons. The molecule has 0 atom stereocenters. The van der Waals surface area contributed by atoms with Crippen LogP contribution in [0.3, 0.4) is 0 Å². The number of anilines is 1. The summed E-state index contributed by atoms with van der Waals surface area (Å²) >= 11 is 0. The fourth-order valence-corrected chi connectivity index (χ4v) is 4.48. The lowest BCUT2D eigenvalue weighted by atomic mass is 9.91. The van der Waals surface area contributed by atoms with E-state index in [1.165, 1.54) is 24.0 Å². The van der Waals surface area contributed by atoms with Crippen molar-refractivity contribution in [2.75, 3.05) is 24.7 Å². The first-order valence-electron chi connectivity index (χ1n) is 9.59. The van der Waals surface area contributed by atoms with Crippen molar-refractivity contribution in [3.8, 4) is 0 Å². The van der Waals surface area contributed by atoms with Crippen molar-refractivity contribution in [1.82, 2.24) is 4.90 Å². The van der Waals surface area contributed by atoms with Crippen molar-refractivity contribution >= 4 is 21.1 Å². The highest BCUT2D eigenvalue weighted by molar-refractivity contribution is 7.91. The van der Waals surface area contributed by atoms with Crippen LogP contribution in [0.15, 0.2) is 53.6 Å². The number of fused-ring (bicyclic) bond motifs is 1. The maximum Gasteiger partial charge on any atom is 0.178 e. The highest BCUT2D eigenvalue weighted by Gasteiger charge is 2.24. The Kier molecular flexibility index (Phi) is 4.72. The second-order valence-corrected chi connectivity index (χ2v) is 9.83. The van der Waals surface area contributed by atoms with Gasteiger partial charge in [-0.1, -0.05) is 31.2 Å². The molecule has 1 fully saturated rings. The van der Waals surface area contributed by atoms with Gasteiger partial charge in [-0.05, 0) is 48.1 Å². The predicted octanol–water partition coefficient (Wildman–Crippen LogP) is 4.14. The Morgan fingerprint density at radius 1 is 1.11 bits per heavy atom. The van der Waals surface area contributed by atoms with Gasteiger partial charge in [0.25, 0.3) is 0 Å². The molecule has 4 nitrogen and oxygen atoms in total. The molecule has 0 spiro atoms. The van der Waals surface area contributed by atoms with Crippen LogP contribution in [0.1, 0.15) is 36.5 Å². The Bertz CT molecular complexity index is 991. The van der Waals surface area contributed by atoms with Crippen LogP contribution in [0, 0.1) is 5.92 Å². The minimum absolute atomic E-state index is 0.108. The Morgan fingerprint density at radius 2 is 1.89 bits per heavy atom. The van der Waals surface area contributed by atoms with Crippen LogP contribution in [-0.2, 0) is 16.4 Å². The molecule has 1 saturated carbocycles. The Morgan fingerprint density at radius 3 is 2.63 bits per heavy atom. The van der Waals surface area contributed by atoms with E-state index in [-0.39, 0.29) is 5.75 Å². The molecule has 1 aliphatic carbocycles. The highest BCUT2D eigenvalue weighted by atomic mass is 32.2. The Balaban J connectivity index is 1.84. The van der Waals surface area contributed by atoms with Gasteiger partial charge in [0, 0.05) is 43.2 Å². The van der Waals surface area contributed by atoms with E-state index in [4.69, 9.17) is 0 Å². The lowest BCUT2D eigenvalue weighted by Crippen LogP contribution is -2.18. The van der Waals surface area contributed by atoms with Crippen LogP contribution in [-0.4, -0.2) is 32.7 Å². The molecule has 0 aromatic heterocycles. The van der Waals surface area contributed by atoms with E-state index >= 15 is 0 Å². The maximum absolute atomic E-state index is 12.5. The summed E-state index contributed by atoms with van der Waals surface area (Å²) in [6.07, 6.45) is 4.68. The van der Waals surface area contributed by atoms with E-state index in [1.807, 2.05) is 18.2 Å². The van der Waals surface area contributed by atoms with E-state index in [0.717, 1.165) is 35.8 Å². The second-order valence-electron chi connectivity index (χ2n) is 7.55. The molecule has 27 heavy (non-hydrogen) atoms. The molecule has 2 aromatic rings. The molecule has 1 N–H and O–H groups in total. The van der Waals surface area contributed by atoms with E-state index in [9.17, 15) is 8.42 Å². The standard InChI is InChI=1S/C22H26N2O2S/c1-3-27(25,26)18-10-11-22(23-13-16-8-9-16)20(12-18)21-15-24(2)14-17-6-4-5-7-19(17)21/h4-7,10-12,15-16,23H,3,8-9,13-14H2,1-2H3. The lowest BCUT2D eigenvalue weighted by molar-refractivity contribution is 0.446. The third-order valence-corrected chi connectivity index (χ3v) is 7.11. The SMILES string of the molecule is CCS(=O)(=O)c1ccc(NCC2CC2)c(C2=CN(C)Cc3ccccc32)c1. The molecule has 0 amide bonds. The number of hydrogen-bond donors (Lipinski definition) is 1. The Hall–Kier alpha value is -2.27. The average Bonchev–Trinajstić information content (AvgIpc) is 3.50. The summed E-state index contributed by atoms with van der Waals surface area (Å²) in [5.41, 5.74) is 5.48. The monoisotopic (exact) mass is 382 g/mol. The lowest BCUT2D eigenvalue weighted by Gasteiger charge is -2.27. The van der Waals surface area contributed by atoms with Gasteiger partial charge in [-0.15, -0.1) is 0 Å². The third-order valence-electron chi connectivity index (χ3n) is 5.38. The number of benzene rings is 2. The smallest absolute Gasteiger partial charge is 0.178 e. The van der Waals surface area contributed by atoms with Gasteiger partial charge in [0.15, 0.2) is 9.84 Å². The first-order chi connectivity index (χ1) is 13.0. The third kappa shape index (κ3) is 3.74. The molecular formula is C22H26N2O2S. The van der Waals surface area contributed by atoms with Crippen LogP contribution < -0.4 is 5.32 Å². The minimum atomic E-state index is -3.25. The van der Waals surface area contributed by atoms with Gasteiger partial charge in [-0.3, -0.25) is 0 Å². The van der Waals surface area contributed by atoms with Gasteiger partial charge in [-0.25, -0.2) is 8.42 Å². The van der Waals surface area contributed by atoms with Gasteiger partial charge in [0.05, 0.1) is 10.6 Å². The first-order valence-corrected chi connectivity index (χ1v) is 11.2. The van der Waals surface area contributed by atoms with E-state index in [1.54, 1.807) is 13.0 Å². The number of nitrogens with zero attached hydrogens (tertiary/aromatic N) is 1. The molecule has 0 saturated heterocycles. The van der Waals surface area contributed by atoms with E-state index in [2.05, 4.69) is 41.7 Å². The molecule has 4 rings (SSSR count). The zero-order valence-electron chi connectivity index (χ0n) is 15.9. The van der Waals surface area contributed by atoms with Gasteiger partial charge < -0.3 is 10.2 Å². The van der Waals surface area contributed by atoms with Crippen LogP contribution in [0.4, 0.5) is 5.69 Å². The molecule has 2 aliphatic rings. The zero-order valence-corrected chi connectivity index (χ0v) is 16.7. The molecule has 2 aromatic carbocycles. The fraction of sp³-hybridized carbons (Fsp3) is 0.364. The first kappa shape index (κ1) is 18.1. The molecule has 1 heterocycles. The normalized spacial score (nSPS) is 16.7. The summed E-state index contributed by atoms with van der Waals surface area (Å²) in [6, 6.07) is 13.9. The van der Waals surface area contributed by atoms with Crippen LogP contribution >= 0.6 is 0 Å². The molecule has 142 valence electrons. The summed E-state index contributed by atoms with van der Waals surface area (Å²) in [4.78, 5) is 2.55. The summed E-state index contributed by atoms with van der Waals surface area (Å²) in [7, 11) is -1.20. The van der Waals surface area contributed by atoms with Crippen molar-refractivity contribution in [1.29, 1.82) is 0 Å². The number of nitrogens with one attached hydrogen (secondary N) is 1. The zero-order chi connectivity index (χ0) is 19.0. The van der Waals surface area contributed by atoms with Crippen LogP contribution in [0.25, 0.3) is 5.57 Å². The highest BCUT2D eigenvalue weighted by Crippen LogP contribution is 2.37. The minimum Gasteiger partial charge on any atom is -0.384 e. The van der Waals surface area contributed by atoms with Gasteiger partial charge in [0.1, 0.15) is 0 Å². The number of rotatable bonds is 6. The van der Waals surface area contributed by atoms with Crippen molar-refractivity contribution in [3.05, 3.63) is 65.4 Å². The molecule has 1 aliphatic heterocycles. The quantitative estimate of drug-likeness (QED) is 0.816. The van der Waals surface area contributed by atoms with Crippen molar-refractivity contribution in [2.24, 2.45) is 5.92 Å². The predicted molar refractivity (Wildman–Crippen MR) is 110 cm³/mol. The van der Waals surface area contributed by atoms with Gasteiger partial charge in [-0.2, -0.15) is 0 Å². The summed E-state index contributed by atoms with van der Waals surface area (Å²) in [6.45, 7) is 3.49. The largest absolute Gasteiger partial charge is 0.384 e. The average molecular weight is 383 g/mol. The van der Waals surface area contributed by atoms with E-state index < -0.39 is 9.84 Å². The van der Waals surface area contributed by atoms with Crippen LogP contribution in [0.5, 0.6) is 0 Å². The Labute approximate surface area is 161 Å². The van der Waals surface area contributed by atoms with Crippen molar-refractivity contribution in [3.63, 3.8) is 0 Å².